The standard InChI is InChI=1S/C20H16N2/c1-13-4-3-5-20-19(13)10-16(12-22-20)17-7-6-15-11-21-9-8-18(15)14(17)2/h3-12H,1-2H3. The van der Waals surface area contributed by atoms with Crippen molar-refractivity contribution in [3.05, 3.63) is 72.2 Å². The van der Waals surface area contributed by atoms with Crippen LogP contribution in [-0.4, -0.2) is 9.97 Å². The lowest BCUT2D eigenvalue weighted by Crippen LogP contribution is -1.89. The van der Waals surface area contributed by atoms with Crippen molar-refractivity contribution in [3.8, 4) is 11.1 Å². The van der Waals surface area contributed by atoms with Crippen LogP contribution in [0.25, 0.3) is 32.8 Å². The molecule has 0 unspecified atom stereocenters. The first-order chi connectivity index (χ1) is 10.7. The van der Waals surface area contributed by atoms with E-state index in [4.69, 9.17) is 0 Å². The highest BCUT2D eigenvalue weighted by molar-refractivity contribution is 5.93. The second kappa shape index (κ2) is 4.92. The van der Waals surface area contributed by atoms with Crippen LogP contribution in [0, 0.1) is 13.8 Å². The Morgan fingerprint density at radius 3 is 2.68 bits per heavy atom. The molecule has 0 aliphatic rings. The van der Waals surface area contributed by atoms with Crippen molar-refractivity contribution in [3.63, 3.8) is 0 Å². The molecule has 22 heavy (non-hydrogen) atoms. The maximum absolute atomic E-state index is 4.63. The fourth-order valence-corrected chi connectivity index (χ4v) is 3.08. The average Bonchev–Trinajstić information content (AvgIpc) is 2.56. The van der Waals surface area contributed by atoms with Crippen LogP contribution in [0.5, 0.6) is 0 Å². The van der Waals surface area contributed by atoms with Crippen LogP contribution in [0.3, 0.4) is 0 Å². The van der Waals surface area contributed by atoms with E-state index in [0.717, 1.165) is 11.1 Å². The van der Waals surface area contributed by atoms with Crippen molar-refractivity contribution < 1.29 is 0 Å². The fraction of sp³-hybridized carbons (Fsp3) is 0.100. The van der Waals surface area contributed by atoms with Gasteiger partial charge in [0, 0.05) is 34.9 Å². The van der Waals surface area contributed by atoms with Gasteiger partial charge in [-0.15, -0.1) is 0 Å². The third-order valence-electron chi connectivity index (χ3n) is 4.34. The van der Waals surface area contributed by atoms with E-state index in [2.05, 4.69) is 66.3 Å². The predicted molar refractivity (Wildman–Crippen MR) is 92.0 cm³/mol. The van der Waals surface area contributed by atoms with Crippen LogP contribution in [0.15, 0.2) is 61.1 Å². The van der Waals surface area contributed by atoms with E-state index < -0.39 is 0 Å². The van der Waals surface area contributed by atoms with Gasteiger partial charge in [-0.2, -0.15) is 0 Å². The Hall–Kier alpha value is -2.74. The molecule has 0 atom stereocenters. The molecule has 0 bridgehead atoms. The van der Waals surface area contributed by atoms with Crippen molar-refractivity contribution in [2.75, 3.05) is 0 Å². The Labute approximate surface area is 129 Å². The van der Waals surface area contributed by atoms with Crippen LogP contribution in [-0.2, 0) is 0 Å². The van der Waals surface area contributed by atoms with Crippen LogP contribution in [0.1, 0.15) is 11.1 Å². The van der Waals surface area contributed by atoms with Crippen molar-refractivity contribution in [1.82, 2.24) is 9.97 Å². The molecule has 2 heterocycles. The second-order valence-electron chi connectivity index (χ2n) is 5.70. The van der Waals surface area contributed by atoms with Gasteiger partial charge in [0.1, 0.15) is 0 Å². The van der Waals surface area contributed by atoms with E-state index in [-0.39, 0.29) is 0 Å². The normalized spacial score (nSPS) is 11.2. The van der Waals surface area contributed by atoms with Gasteiger partial charge in [0.25, 0.3) is 0 Å². The lowest BCUT2D eigenvalue weighted by molar-refractivity contribution is 1.35. The summed E-state index contributed by atoms with van der Waals surface area (Å²) < 4.78 is 0. The minimum absolute atomic E-state index is 1.05. The quantitative estimate of drug-likeness (QED) is 0.488. The second-order valence-corrected chi connectivity index (χ2v) is 5.70. The molecule has 0 fully saturated rings. The molecular formula is C20H16N2. The van der Waals surface area contributed by atoms with Gasteiger partial charge in [-0.25, -0.2) is 0 Å². The summed E-state index contributed by atoms with van der Waals surface area (Å²) >= 11 is 0. The zero-order chi connectivity index (χ0) is 15.1. The maximum Gasteiger partial charge on any atom is 0.0705 e. The largest absolute Gasteiger partial charge is 0.264 e. The molecule has 0 radical (unpaired) electrons. The summed E-state index contributed by atoms with van der Waals surface area (Å²) in [5.74, 6) is 0. The summed E-state index contributed by atoms with van der Waals surface area (Å²) in [6.07, 6.45) is 5.73. The van der Waals surface area contributed by atoms with Crippen molar-refractivity contribution in [2.24, 2.45) is 0 Å². The first kappa shape index (κ1) is 13.0. The van der Waals surface area contributed by atoms with Crippen LogP contribution in [0.4, 0.5) is 0 Å². The Morgan fingerprint density at radius 2 is 1.77 bits per heavy atom. The summed E-state index contributed by atoms with van der Waals surface area (Å²) in [5, 5.41) is 3.64. The van der Waals surface area contributed by atoms with E-state index >= 15 is 0 Å². The summed E-state index contributed by atoms with van der Waals surface area (Å²) in [6, 6.07) is 14.9. The van der Waals surface area contributed by atoms with Crippen LogP contribution in [0.2, 0.25) is 0 Å². The van der Waals surface area contributed by atoms with Gasteiger partial charge in [-0.05, 0) is 54.1 Å². The first-order valence-electron chi connectivity index (χ1n) is 7.43. The minimum Gasteiger partial charge on any atom is -0.264 e. The minimum atomic E-state index is 1.05. The van der Waals surface area contributed by atoms with Gasteiger partial charge in [0.2, 0.25) is 0 Å². The highest BCUT2D eigenvalue weighted by Gasteiger charge is 2.08. The Balaban J connectivity index is 1.99. The van der Waals surface area contributed by atoms with E-state index in [0.29, 0.717) is 0 Å². The van der Waals surface area contributed by atoms with E-state index in [1.54, 1.807) is 0 Å². The molecule has 2 aromatic heterocycles. The number of aryl methyl sites for hydroxylation is 2. The van der Waals surface area contributed by atoms with Gasteiger partial charge in [-0.3, -0.25) is 9.97 Å². The average molecular weight is 284 g/mol. The number of hydrogen-bond donors (Lipinski definition) is 0. The number of rotatable bonds is 1. The van der Waals surface area contributed by atoms with Gasteiger partial charge >= 0.3 is 0 Å². The van der Waals surface area contributed by atoms with Crippen molar-refractivity contribution in [1.29, 1.82) is 0 Å². The van der Waals surface area contributed by atoms with Gasteiger partial charge < -0.3 is 0 Å². The summed E-state index contributed by atoms with van der Waals surface area (Å²) in [5.41, 5.74) is 5.98. The smallest absolute Gasteiger partial charge is 0.0705 e. The van der Waals surface area contributed by atoms with E-state index in [9.17, 15) is 0 Å². The Bertz CT molecular complexity index is 1000. The predicted octanol–water partition coefficient (Wildman–Crippen LogP) is 5.07. The maximum atomic E-state index is 4.63. The molecule has 0 amide bonds. The molecule has 2 aromatic carbocycles. The van der Waals surface area contributed by atoms with E-state index in [1.807, 2.05) is 18.6 Å². The lowest BCUT2D eigenvalue weighted by atomic mass is 9.96. The molecule has 0 N–H and O–H groups in total. The summed E-state index contributed by atoms with van der Waals surface area (Å²) in [6.45, 7) is 4.30. The van der Waals surface area contributed by atoms with Gasteiger partial charge in [0.15, 0.2) is 0 Å². The number of benzene rings is 2. The third kappa shape index (κ3) is 1.96. The molecule has 4 aromatic rings. The lowest BCUT2D eigenvalue weighted by Gasteiger charge is -2.11. The third-order valence-corrected chi connectivity index (χ3v) is 4.34. The fourth-order valence-electron chi connectivity index (χ4n) is 3.08. The van der Waals surface area contributed by atoms with Crippen LogP contribution >= 0.6 is 0 Å². The molecule has 2 nitrogen and oxygen atoms in total. The SMILES string of the molecule is Cc1c(-c2cnc3cccc(C)c3c2)ccc2cnccc12. The summed E-state index contributed by atoms with van der Waals surface area (Å²) in [4.78, 5) is 8.82. The van der Waals surface area contributed by atoms with Crippen molar-refractivity contribution in [2.45, 2.75) is 13.8 Å². The highest BCUT2D eigenvalue weighted by atomic mass is 14.7. The molecular weight excluding hydrogens is 268 g/mol. The monoisotopic (exact) mass is 284 g/mol. The molecule has 0 aliphatic carbocycles. The highest BCUT2D eigenvalue weighted by Crippen LogP contribution is 2.31. The molecule has 4 rings (SSSR count). The number of hydrogen-bond acceptors (Lipinski definition) is 2. The Morgan fingerprint density at radius 1 is 0.864 bits per heavy atom. The topological polar surface area (TPSA) is 25.8 Å². The number of nitrogens with zero attached hydrogens (tertiary/aromatic N) is 2. The molecule has 0 spiro atoms. The number of pyridine rings is 2. The molecule has 0 aliphatic heterocycles. The van der Waals surface area contributed by atoms with Crippen molar-refractivity contribution >= 4 is 21.7 Å². The van der Waals surface area contributed by atoms with Gasteiger partial charge in [0.05, 0.1) is 5.52 Å². The van der Waals surface area contributed by atoms with E-state index in [1.165, 1.54) is 32.8 Å². The zero-order valence-electron chi connectivity index (χ0n) is 12.7. The van der Waals surface area contributed by atoms with Gasteiger partial charge in [-0.1, -0.05) is 24.3 Å². The zero-order valence-corrected chi connectivity index (χ0v) is 12.7. The molecule has 2 heteroatoms. The number of fused-ring (bicyclic) bond motifs is 2. The molecule has 0 saturated carbocycles. The number of aromatic nitrogens is 2. The summed E-state index contributed by atoms with van der Waals surface area (Å²) in [7, 11) is 0. The molecule has 0 saturated heterocycles. The first-order valence-corrected chi connectivity index (χ1v) is 7.43. The Kier molecular flexibility index (Phi) is 2.90. The van der Waals surface area contributed by atoms with Crippen LogP contribution < -0.4 is 0 Å². The molecule has 106 valence electrons.